The highest BCUT2D eigenvalue weighted by Crippen LogP contribution is 2.36. The SMILES string of the molecule is NCC(CC/C=C/c1ccccc1)(c1ccccc1)c1ccccc1. The fourth-order valence-corrected chi connectivity index (χ4v) is 3.42. The zero-order valence-corrected chi connectivity index (χ0v) is 14.5. The van der Waals surface area contributed by atoms with E-state index < -0.39 is 0 Å². The highest BCUT2D eigenvalue weighted by atomic mass is 14.6. The standard InChI is InChI=1S/C24H25N/c25-20-24(22-15-6-2-7-16-22,23-17-8-3-9-18-23)19-11-10-14-21-12-4-1-5-13-21/h1-10,12-18H,11,19-20,25H2/b14-10+. The molecule has 1 heteroatoms. The fraction of sp³-hybridized carbons (Fsp3) is 0.167. The smallest absolute Gasteiger partial charge is 0.0328 e. The van der Waals surface area contributed by atoms with Gasteiger partial charge in [0.15, 0.2) is 0 Å². The van der Waals surface area contributed by atoms with Crippen LogP contribution in [0.5, 0.6) is 0 Å². The van der Waals surface area contributed by atoms with E-state index in [0.717, 1.165) is 12.8 Å². The van der Waals surface area contributed by atoms with E-state index in [2.05, 4.69) is 97.1 Å². The molecule has 0 saturated heterocycles. The van der Waals surface area contributed by atoms with Crippen LogP contribution in [0.15, 0.2) is 97.1 Å². The Bertz CT molecular complexity index is 737. The minimum atomic E-state index is -0.149. The van der Waals surface area contributed by atoms with E-state index >= 15 is 0 Å². The first-order chi connectivity index (χ1) is 12.3. The van der Waals surface area contributed by atoms with E-state index in [0.29, 0.717) is 6.54 Å². The average molecular weight is 327 g/mol. The van der Waals surface area contributed by atoms with Crippen molar-refractivity contribution in [3.8, 4) is 0 Å². The molecule has 0 unspecified atom stereocenters. The molecule has 0 aliphatic carbocycles. The maximum absolute atomic E-state index is 6.34. The first-order valence-corrected chi connectivity index (χ1v) is 8.88. The summed E-state index contributed by atoms with van der Waals surface area (Å²) in [6.07, 6.45) is 6.42. The number of allylic oxidation sites excluding steroid dienone is 1. The Morgan fingerprint density at radius 2 is 1.16 bits per heavy atom. The molecule has 3 aromatic carbocycles. The van der Waals surface area contributed by atoms with Crippen molar-refractivity contribution in [3.63, 3.8) is 0 Å². The third-order valence-electron chi connectivity index (χ3n) is 4.85. The van der Waals surface area contributed by atoms with Gasteiger partial charge in [0, 0.05) is 12.0 Å². The van der Waals surface area contributed by atoms with Crippen LogP contribution in [0.1, 0.15) is 29.5 Å². The van der Waals surface area contributed by atoms with Gasteiger partial charge in [0.05, 0.1) is 0 Å². The molecule has 25 heavy (non-hydrogen) atoms. The Balaban J connectivity index is 1.85. The first-order valence-electron chi connectivity index (χ1n) is 8.88. The summed E-state index contributed by atoms with van der Waals surface area (Å²) in [4.78, 5) is 0. The predicted molar refractivity (Wildman–Crippen MR) is 107 cm³/mol. The van der Waals surface area contributed by atoms with E-state index in [4.69, 9.17) is 5.73 Å². The molecule has 0 atom stereocenters. The molecule has 0 aromatic heterocycles. The zero-order valence-electron chi connectivity index (χ0n) is 14.5. The van der Waals surface area contributed by atoms with Gasteiger partial charge in [-0.2, -0.15) is 0 Å². The molecule has 0 fully saturated rings. The Kier molecular flexibility index (Phi) is 5.81. The van der Waals surface area contributed by atoms with Crippen LogP contribution in [0.25, 0.3) is 6.08 Å². The third kappa shape index (κ3) is 4.07. The summed E-state index contributed by atoms with van der Waals surface area (Å²) in [6, 6.07) is 31.7. The molecule has 0 spiro atoms. The van der Waals surface area contributed by atoms with Crippen molar-refractivity contribution in [2.24, 2.45) is 5.73 Å². The number of hydrogen-bond acceptors (Lipinski definition) is 1. The summed E-state index contributed by atoms with van der Waals surface area (Å²) in [5, 5.41) is 0. The van der Waals surface area contributed by atoms with Crippen LogP contribution in [-0.4, -0.2) is 6.54 Å². The molecule has 0 bridgehead atoms. The van der Waals surface area contributed by atoms with E-state index in [1.165, 1.54) is 16.7 Å². The molecule has 0 saturated carbocycles. The van der Waals surface area contributed by atoms with Gasteiger partial charge in [0.25, 0.3) is 0 Å². The summed E-state index contributed by atoms with van der Waals surface area (Å²) in [5.41, 5.74) is 10.0. The maximum atomic E-state index is 6.34. The third-order valence-corrected chi connectivity index (χ3v) is 4.85. The van der Waals surface area contributed by atoms with Crippen molar-refractivity contribution in [1.82, 2.24) is 0 Å². The molecule has 3 aromatic rings. The van der Waals surface area contributed by atoms with Gasteiger partial charge in [-0.1, -0.05) is 103 Å². The molecule has 0 heterocycles. The van der Waals surface area contributed by atoms with Crippen molar-refractivity contribution in [1.29, 1.82) is 0 Å². The monoisotopic (exact) mass is 327 g/mol. The lowest BCUT2D eigenvalue weighted by molar-refractivity contribution is 0.487. The van der Waals surface area contributed by atoms with Gasteiger partial charge in [-0.3, -0.25) is 0 Å². The Morgan fingerprint density at radius 1 is 0.680 bits per heavy atom. The Hall–Kier alpha value is -2.64. The lowest BCUT2D eigenvalue weighted by atomic mass is 9.71. The second-order valence-electron chi connectivity index (χ2n) is 6.37. The van der Waals surface area contributed by atoms with Gasteiger partial charge in [0.1, 0.15) is 0 Å². The van der Waals surface area contributed by atoms with E-state index in [1.807, 2.05) is 6.07 Å². The summed E-state index contributed by atoms with van der Waals surface area (Å²) < 4.78 is 0. The molecule has 0 amide bonds. The molecule has 126 valence electrons. The van der Waals surface area contributed by atoms with Crippen LogP contribution in [0, 0.1) is 0 Å². The second-order valence-corrected chi connectivity index (χ2v) is 6.37. The minimum absolute atomic E-state index is 0.149. The van der Waals surface area contributed by atoms with Crippen molar-refractivity contribution in [2.75, 3.05) is 6.54 Å². The van der Waals surface area contributed by atoms with E-state index in [9.17, 15) is 0 Å². The molecule has 1 nitrogen and oxygen atoms in total. The van der Waals surface area contributed by atoms with Crippen LogP contribution in [0.2, 0.25) is 0 Å². The number of hydrogen-bond donors (Lipinski definition) is 1. The topological polar surface area (TPSA) is 26.0 Å². The fourth-order valence-electron chi connectivity index (χ4n) is 3.42. The van der Waals surface area contributed by atoms with Crippen LogP contribution in [0.3, 0.4) is 0 Å². The van der Waals surface area contributed by atoms with E-state index in [1.54, 1.807) is 0 Å². The molecule has 0 aliphatic rings. The average Bonchev–Trinajstić information content (AvgIpc) is 2.71. The maximum Gasteiger partial charge on any atom is 0.0328 e. The van der Waals surface area contributed by atoms with Gasteiger partial charge in [0.2, 0.25) is 0 Å². The summed E-state index contributed by atoms with van der Waals surface area (Å²) in [5.74, 6) is 0. The molecule has 0 aliphatic heterocycles. The number of nitrogens with two attached hydrogens (primary N) is 1. The van der Waals surface area contributed by atoms with Gasteiger partial charge in [-0.05, 0) is 29.5 Å². The number of rotatable bonds is 7. The zero-order chi connectivity index (χ0) is 17.4. The lowest BCUT2D eigenvalue weighted by Gasteiger charge is -2.34. The molecule has 3 rings (SSSR count). The first kappa shape index (κ1) is 17.2. The summed E-state index contributed by atoms with van der Waals surface area (Å²) in [6.45, 7) is 0.597. The van der Waals surface area contributed by atoms with Crippen LogP contribution >= 0.6 is 0 Å². The molecule has 2 N–H and O–H groups in total. The highest BCUT2D eigenvalue weighted by Gasteiger charge is 2.31. The van der Waals surface area contributed by atoms with Gasteiger partial charge >= 0.3 is 0 Å². The summed E-state index contributed by atoms with van der Waals surface area (Å²) in [7, 11) is 0. The van der Waals surface area contributed by atoms with Crippen LogP contribution < -0.4 is 5.73 Å². The molecular weight excluding hydrogens is 302 g/mol. The number of benzene rings is 3. The normalized spacial score (nSPS) is 11.7. The quantitative estimate of drug-likeness (QED) is 0.615. The van der Waals surface area contributed by atoms with Crippen molar-refractivity contribution in [3.05, 3.63) is 114 Å². The summed E-state index contributed by atoms with van der Waals surface area (Å²) >= 11 is 0. The van der Waals surface area contributed by atoms with Crippen molar-refractivity contribution in [2.45, 2.75) is 18.3 Å². The van der Waals surface area contributed by atoms with Crippen LogP contribution in [0.4, 0.5) is 0 Å². The second kappa shape index (κ2) is 8.46. The highest BCUT2D eigenvalue weighted by molar-refractivity contribution is 5.49. The van der Waals surface area contributed by atoms with Crippen molar-refractivity contribution >= 4 is 6.08 Å². The largest absolute Gasteiger partial charge is 0.329 e. The predicted octanol–water partition coefficient (Wildman–Crippen LogP) is 5.43. The minimum Gasteiger partial charge on any atom is -0.329 e. The Labute approximate surface area is 150 Å². The van der Waals surface area contributed by atoms with E-state index in [-0.39, 0.29) is 5.41 Å². The van der Waals surface area contributed by atoms with Gasteiger partial charge in [-0.15, -0.1) is 0 Å². The molecular formula is C24H25N. The lowest BCUT2D eigenvalue weighted by Crippen LogP contribution is -2.36. The van der Waals surface area contributed by atoms with Crippen LogP contribution in [-0.2, 0) is 5.41 Å². The van der Waals surface area contributed by atoms with Gasteiger partial charge in [-0.25, -0.2) is 0 Å². The Morgan fingerprint density at radius 3 is 1.64 bits per heavy atom. The van der Waals surface area contributed by atoms with Crippen molar-refractivity contribution < 1.29 is 0 Å². The molecule has 0 radical (unpaired) electrons. The van der Waals surface area contributed by atoms with Gasteiger partial charge < -0.3 is 5.73 Å².